The first kappa shape index (κ1) is 15.6. The number of allylic oxidation sites excluding steroid dienone is 1. The SMILES string of the molecule is CCOC(=O)C1=C(C)NC(SCC)=N[C@H]1c1ccccc1. The van der Waals surface area contributed by atoms with Crippen LogP contribution in [-0.2, 0) is 9.53 Å². The Morgan fingerprint density at radius 3 is 2.67 bits per heavy atom. The molecule has 1 atom stereocenters. The molecule has 0 unspecified atom stereocenters. The van der Waals surface area contributed by atoms with Gasteiger partial charge in [0.2, 0.25) is 0 Å². The minimum absolute atomic E-state index is 0.305. The van der Waals surface area contributed by atoms with Crippen LogP contribution >= 0.6 is 11.8 Å². The number of benzene rings is 1. The summed E-state index contributed by atoms with van der Waals surface area (Å²) in [6.45, 7) is 6.14. The van der Waals surface area contributed by atoms with E-state index in [1.807, 2.05) is 44.2 Å². The number of hydrogen-bond acceptors (Lipinski definition) is 5. The van der Waals surface area contributed by atoms with Crippen LogP contribution in [0.1, 0.15) is 32.4 Å². The van der Waals surface area contributed by atoms with E-state index < -0.39 is 0 Å². The third-order valence-electron chi connectivity index (χ3n) is 3.11. The molecule has 0 aromatic heterocycles. The Kier molecular flexibility index (Phi) is 5.44. The Morgan fingerprint density at radius 2 is 2.05 bits per heavy atom. The van der Waals surface area contributed by atoms with Gasteiger partial charge in [0.25, 0.3) is 0 Å². The van der Waals surface area contributed by atoms with E-state index in [0.29, 0.717) is 12.2 Å². The van der Waals surface area contributed by atoms with Crippen LogP contribution in [0.4, 0.5) is 0 Å². The quantitative estimate of drug-likeness (QED) is 0.867. The molecule has 1 aromatic rings. The molecule has 2 rings (SSSR count). The molecule has 5 heteroatoms. The smallest absolute Gasteiger partial charge is 0.338 e. The van der Waals surface area contributed by atoms with Crippen molar-refractivity contribution >= 4 is 22.9 Å². The lowest BCUT2D eigenvalue weighted by molar-refractivity contribution is -0.138. The number of carbonyl (C=O) groups excluding carboxylic acids is 1. The van der Waals surface area contributed by atoms with Crippen LogP contribution in [0.5, 0.6) is 0 Å². The second-order valence-corrected chi connectivity index (χ2v) is 5.82. The number of aliphatic imine (C=N–C) groups is 1. The fraction of sp³-hybridized carbons (Fsp3) is 0.375. The van der Waals surface area contributed by atoms with Gasteiger partial charge in [0, 0.05) is 5.70 Å². The van der Waals surface area contributed by atoms with Crippen molar-refractivity contribution in [2.24, 2.45) is 4.99 Å². The molecule has 0 radical (unpaired) electrons. The highest BCUT2D eigenvalue weighted by Gasteiger charge is 2.29. The van der Waals surface area contributed by atoms with E-state index in [4.69, 9.17) is 4.74 Å². The van der Waals surface area contributed by atoms with Crippen LogP contribution < -0.4 is 5.32 Å². The molecule has 0 aliphatic carbocycles. The lowest BCUT2D eigenvalue weighted by Crippen LogP contribution is -2.30. The van der Waals surface area contributed by atoms with E-state index in [-0.39, 0.29) is 12.0 Å². The van der Waals surface area contributed by atoms with Crippen LogP contribution in [0.2, 0.25) is 0 Å². The van der Waals surface area contributed by atoms with Gasteiger partial charge in [0.15, 0.2) is 5.17 Å². The number of hydrogen-bond donors (Lipinski definition) is 1. The molecule has 1 aromatic carbocycles. The zero-order valence-corrected chi connectivity index (χ0v) is 13.4. The summed E-state index contributed by atoms with van der Waals surface area (Å²) in [7, 11) is 0. The maximum absolute atomic E-state index is 12.3. The molecule has 112 valence electrons. The van der Waals surface area contributed by atoms with E-state index in [0.717, 1.165) is 22.2 Å². The highest BCUT2D eigenvalue weighted by Crippen LogP contribution is 2.32. The fourth-order valence-electron chi connectivity index (χ4n) is 2.21. The summed E-state index contributed by atoms with van der Waals surface area (Å²) < 4.78 is 5.19. The molecular formula is C16H20N2O2S. The maximum atomic E-state index is 12.3. The lowest BCUT2D eigenvalue weighted by Gasteiger charge is -2.25. The first-order valence-electron chi connectivity index (χ1n) is 7.07. The Bertz CT molecular complexity index is 567. The van der Waals surface area contributed by atoms with Gasteiger partial charge < -0.3 is 10.1 Å². The molecule has 0 bridgehead atoms. The molecule has 1 N–H and O–H groups in total. The van der Waals surface area contributed by atoms with E-state index >= 15 is 0 Å². The molecule has 0 amide bonds. The largest absolute Gasteiger partial charge is 0.463 e. The molecule has 1 aliphatic rings. The zero-order valence-electron chi connectivity index (χ0n) is 12.6. The second kappa shape index (κ2) is 7.31. The third kappa shape index (κ3) is 3.67. The number of rotatable bonds is 4. The number of nitrogens with zero attached hydrogens (tertiary/aromatic N) is 1. The Hall–Kier alpha value is -1.75. The number of amidine groups is 1. The second-order valence-electron chi connectivity index (χ2n) is 4.56. The standard InChI is InChI=1S/C16H20N2O2S/c1-4-20-15(19)13-11(3)17-16(21-5-2)18-14(13)12-9-7-6-8-10-12/h6-10,14H,4-5H2,1-3H3,(H,17,18)/t14-/m0/s1. The summed E-state index contributed by atoms with van der Waals surface area (Å²) in [6, 6.07) is 9.53. The molecule has 0 spiro atoms. The van der Waals surface area contributed by atoms with Crippen molar-refractivity contribution in [3.05, 3.63) is 47.2 Å². The topological polar surface area (TPSA) is 50.7 Å². The van der Waals surface area contributed by atoms with Crippen LogP contribution in [0.15, 0.2) is 46.6 Å². The Labute approximate surface area is 129 Å². The fourth-order valence-corrected chi connectivity index (χ4v) is 2.89. The van der Waals surface area contributed by atoms with E-state index in [1.54, 1.807) is 11.8 Å². The van der Waals surface area contributed by atoms with Gasteiger partial charge in [-0.3, -0.25) is 0 Å². The van der Waals surface area contributed by atoms with Crippen LogP contribution in [0.25, 0.3) is 0 Å². The minimum atomic E-state index is -0.305. The summed E-state index contributed by atoms with van der Waals surface area (Å²) in [6.07, 6.45) is 0. The van der Waals surface area contributed by atoms with Gasteiger partial charge in [-0.05, 0) is 25.2 Å². The highest BCUT2D eigenvalue weighted by atomic mass is 32.2. The molecular weight excluding hydrogens is 284 g/mol. The van der Waals surface area contributed by atoms with Crippen molar-refractivity contribution in [2.75, 3.05) is 12.4 Å². The van der Waals surface area contributed by atoms with Crippen molar-refractivity contribution < 1.29 is 9.53 Å². The van der Waals surface area contributed by atoms with Crippen LogP contribution in [0, 0.1) is 0 Å². The number of esters is 1. The van der Waals surface area contributed by atoms with Crippen molar-refractivity contribution in [1.29, 1.82) is 0 Å². The van der Waals surface area contributed by atoms with E-state index in [1.165, 1.54) is 0 Å². The normalized spacial score (nSPS) is 18.0. The molecule has 21 heavy (non-hydrogen) atoms. The number of ether oxygens (including phenoxy) is 1. The van der Waals surface area contributed by atoms with Crippen LogP contribution in [-0.4, -0.2) is 23.5 Å². The number of nitrogens with one attached hydrogen (secondary N) is 1. The van der Waals surface area contributed by atoms with Crippen molar-refractivity contribution in [2.45, 2.75) is 26.8 Å². The van der Waals surface area contributed by atoms with E-state index in [2.05, 4.69) is 17.2 Å². The van der Waals surface area contributed by atoms with Crippen molar-refractivity contribution in [1.82, 2.24) is 5.32 Å². The summed E-state index contributed by atoms with van der Waals surface area (Å²) in [5.41, 5.74) is 2.40. The average Bonchev–Trinajstić information content (AvgIpc) is 2.48. The summed E-state index contributed by atoms with van der Waals surface area (Å²) in [5, 5.41) is 4.04. The Morgan fingerprint density at radius 1 is 1.33 bits per heavy atom. The molecule has 0 fully saturated rings. The Balaban J connectivity index is 2.41. The van der Waals surface area contributed by atoms with Gasteiger partial charge in [-0.1, -0.05) is 49.0 Å². The number of carbonyl (C=O) groups is 1. The van der Waals surface area contributed by atoms with Gasteiger partial charge in [-0.15, -0.1) is 0 Å². The molecule has 0 saturated heterocycles. The molecule has 4 nitrogen and oxygen atoms in total. The van der Waals surface area contributed by atoms with Gasteiger partial charge in [0.05, 0.1) is 12.2 Å². The van der Waals surface area contributed by atoms with Gasteiger partial charge >= 0.3 is 5.97 Å². The minimum Gasteiger partial charge on any atom is -0.463 e. The first-order chi connectivity index (χ1) is 10.2. The van der Waals surface area contributed by atoms with Crippen molar-refractivity contribution in [3.8, 4) is 0 Å². The third-order valence-corrected chi connectivity index (χ3v) is 3.88. The predicted molar refractivity (Wildman–Crippen MR) is 87.2 cm³/mol. The summed E-state index contributed by atoms with van der Waals surface area (Å²) in [4.78, 5) is 16.9. The van der Waals surface area contributed by atoms with Crippen molar-refractivity contribution in [3.63, 3.8) is 0 Å². The monoisotopic (exact) mass is 304 g/mol. The average molecular weight is 304 g/mol. The summed E-state index contributed by atoms with van der Waals surface area (Å²) >= 11 is 1.63. The number of thioether (sulfide) groups is 1. The van der Waals surface area contributed by atoms with Gasteiger partial charge in [0.1, 0.15) is 6.04 Å². The molecule has 1 heterocycles. The summed E-state index contributed by atoms with van der Waals surface area (Å²) in [5.74, 6) is 0.621. The van der Waals surface area contributed by atoms with E-state index in [9.17, 15) is 4.79 Å². The predicted octanol–water partition coefficient (Wildman–Crippen LogP) is 3.28. The zero-order chi connectivity index (χ0) is 15.2. The lowest BCUT2D eigenvalue weighted by atomic mass is 9.97. The highest BCUT2D eigenvalue weighted by molar-refractivity contribution is 8.13. The van der Waals surface area contributed by atoms with Gasteiger partial charge in [-0.2, -0.15) is 0 Å². The maximum Gasteiger partial charge on any atom is 0.338 e. The molecule has 1 aliphatic heterocycles. The first-order valence-corrected chi connectivity index (χ1v) is 8.06. The van der Waals surface area contributed by atoms with Gasteiger partial charge in [-0.25, -0.2) is 9.79 Å². The molecule has 0 saturated carbocycles. The van der Waals surface area contributed by atoms with Crippen LogP contribution in [0.3, 0.4) is 0 Å².